The maximum absolute atomic E-state index is 11.7. The highest BCUT2D eigenvalue weighted by Gasteiger charge is 2.51. The molecule has 1 aliphatic rings. The van der Waals surface area contributed by atoms with Gasteiger partial charge in [-0.25, -0.2) is 0 Å². The summed E-state index contributed by atoms with van der Waals surface area (Å²) in [6.45, 7) is 7.63. The summed E-state index contributed by atoms with van der Waals surface area (Å²) in [7, 11) is 2.04. The fraction of sp³-hybridized carbons (Fsp3) is 0.929. The highest BCUT2D eigenvalue weighted by Crippen LogP contribution is 2.40. The van der Waals surface area contributed by atoms with Crippen molar-refractivity contribution in [1.29, 1.82) is 0 Å². The first-order chi connectivity index (χ1) is 8.47. The van der Waals surface area contributed by atoms with E-state index in [-0.39, 0.29) is 0 Å². The molecular weight excluding hydrogens is 228 g/mol. The van der Waals surface area contributed by atoms with Crippen LogP contribution in [0.25, 0.3) is 0 Å². The van der Waals surface area contributed by atoms with E-state index in [0.29, 0.717) is 25.0 Å². The van der Waals surface area contributed by atoms with E-state index in [9.17, 15) is 9.90 Å². The zero-order valence-electron chi connectivity index (χ0n) is 12.2. The van der Waals surface area contributed by atoms with E-state index in [4.69, 9.17) is 0 Å². The monoisotopic (exact) mass is 256 g/mol. The summed E-state index contributed by atoms with van der Waals surface area (Å²) in [6.07, 6.45) is 4.32. The van der Waals surface area contributed by atoms with Crippen LogP contribution in [0, 0.1) is 5.92 Å². The maximum Gasteiger partial charge on any atom is 0.325 e. The topological polar surface area (TPSA) is 52.6 Å². The van der Waals surface area contributed by atoms with Gasteiger partial charge in [-0.15, -0.1) is 0 Å². The molecule has 0 aromatic rings. The number of nitrogens with zero attached hydrogens (tertiary/aromatic N) is 1. The Balaban J connectivity index is 2.74. The van der Waals surface area contributed by atoms with E-state index < -0.39 is 11.5 Å². The van der Waals surface area contributed by atoms with Gasteiger partial charge in [0.1, 0.15) is 5.54 Å². The van der Waals surface area contributed by atoms with Gasteiger partial charge >= 0.3 is 5.97 Å². The second kappa shape index (κ2) is 6.53. The molecule has 4 heteroatoms. The van der Waals surface area contributed by atoms with Crippen molar-refractivity contribution < 1.29 is 9.90 Å². The van der Waals surface area contributed by atoms with Crippen molar-refractivity contribution >= 4 is 5.97 Å². The molecule has 0 aromatic heterocycles. The fourth-order valence-electron chi connectivity index (χ4n) is 2.73. The Hall–Kier alpha value is -0.610. The van der Waals surface area contributed by atoms with Crippen LogP contribution in [-0.2, 0) is 4.79 Å². The molecule has 0 spiro atoms. The van der Waals surface area contributed by atoms with Gasteiger partial charge < -0.3 is 15.3 Å². The Bertz CT molecular complexity index is 279. The molecule has 0 aliphatic heterocycles. The number of carboxylic acids is 1. The number of hydrogen-bond acceptors (Lipinski definition) is 3. The molecule has 1 rings (SSSR count). The summed E-state index contributed by atoms with van der Waals surface area (Å²) in [5.74, 6) is -0.395. The summed E-state index contributed by atoms with van der Waals surface area (Å²) in [5, 5.41) is 12.9. The molecule has 1 fully saturated rings. The number of likely N-dealkylation sites (N-methyl/N-ethyl adjacent to an activating group) is 2. The van der Waals surface area contributed by atoms with Crippen molar-refractivity contribution in [3.8, 4) is 0 Å². The van der Waals surface area contributed by atoms with Crippen LogP contribution in [0.2, 0.25) is 0 Å². The molecule has 0 radical (unpaired) electrons. The summed E-state index contributed by atoms with van der Waals surface area (Å²) >= 11 is 0. The highest BCUT2D eigenvalue weighted by atomic mass is 16.4. The molecule has 4 nitrogen and oxygen atoms in total. The van der Waals surface area contributed by atoms with Crippen molar-refractivity contribution in [2.75, 3.05) is 20.1 Å². The minimum absolute atomic E-state index is 0.297. The second-order valence-electron chi connectivity index (χ2n) is 5.63. The predicted octanol–water partition coefficient (Wildman–Crippen LogP) is 1.95. The van der Waals surface area contributed by atoms with Gasteiger partial charge in [0.25, 0.3) is 0 Å². The summed E-state index contributed by atoms with van der Waals surface area (Å²) in [4.78, 5) is 13.9. The van der Waals surface area contributed by atoms with E-state index in [1.165, 1.54) is 0 Å². The van der Waals surface area contributed by atoms with Crippen LogP contribution in [0.5, 0.6) is 0 Å². The van der Waals surface area contributed by atoms with Crippen molar-refractivity contribution in [2.24, 2.45) is 5.92 Å². The third kappa shape index (κ3) is 3.45. The smallest absolute Gasteiger partial charge is 0.325 e. The van der Waals surface area contributed by atoms with Crippen LogP contribution < -0.4 is 5.32 Å². The van der Waals surface area contributed by atoms with Crippen molar-refractivity contribution in [2.45, 2.75) is 58.0 Å². The van der Waals surface area contributed by atoms with Crippen LogP contribution in [0.15, 0.2) is 0 Å². The average molecular weight is 256 g/mol. The number of hydrogen-bond donors (Lipinski definition) is 2. The maximum atomic E-state index is 11.7. The van der Waals surface area contributed by atoms with E-state index in [1.807, 2.05) is 14.0 Å². The standard InChI is InChI=1S/C14H28N2O2/c1-5-7-11(3)16(4)10-14(13(17)18,15-6-2)12-8-9-12/h11-12,15H,5-10H2,1-4H3,(H,17,18). The van der Waals surface area contributed by atoms with Crippen LogP contribution >= 0.6 is 0 Å². The van der Waals surface area contributed by atoms with Gasteiger partial charge in [-0.1, -0.05) is 20.3 Å². The number of carboxylic acid groups (broad SMARTS) is 1. The molecule has 18 heavy (non-hydrogen) atoms. The molecule has 0 saturated heterocycles. The Labute approximate surface area is 111 Å². The number of nitrogens with one attached hydrogen (secondary N) is 1. The van der Waals surface area contributed by atoms with Gasteiger partial charge in [0.2, 0.25) is 0 Å². The second-order valence-corrected chi connectivity index (χ2v) is 5.63. The normalized spacial score (nSPS) is 20.7. The first kappa shape index (κ1) is 15.4. The molecule has 0 aromatic carbocycles. The van der Waals surface area contributed by atoms with E-state index in [2.05, 4.69) is 24.1 Å². The van der Waals surface area contributed by atoms with Crippen LogP contribution in [0.1, 0.15) is 46.5 Å². The molecule has 2 atom stereocenters. The number of rotatable bonds is 9. The van der Waals surface area contributed by atoms with Crippen LogP contribution in [0.3, 0.4) is 0 Å². The Morgan fingerprint density at radius 1 is 1.50 bits per heavy atom. The van der Waals surface area contributed by atoms with E-state index >= 15 is 0 Å². The molecule has 1 saturated carbocycles. The Kier molecular flexibility index (Phi) is 5.60. The van der Waals surface area contributed by atoms with Gasteiger partial charge in [0.15, 0.2) is 0 Å². The van der Waals surface area contributed by atoms with Gasteiger partial charge in [0, 0.05) is 12.6 Å². The SMILES string of the molecule is CCCC(C)N(C)CC(NCC)(C(=O)O)C1CC1. The third-order valence-electron chi connectivity index (χ3n) is 4.11. The number of carbonyl (C=O) groups is 1. The van der Waals surface area contributed by atoms with Gasteiger partial charge in [0.05, 0.1) is 0 Å². The molecule has 0 amide bonds. The molecular formula is C14H28N2O2. The number of aliphatic carboxylic acids is 1. The van der Waals surface area contributed by atoms with E-state index in [1.54, 1.807) is 0 Å². The van der Waals surface area contributed by atoms with Gasteiger partial charge in [-0.05, 0) is 45.7 Å². The van der Waals surface area contributed by atoms with Crippen molar-refractivity contribution in [3.05, 3.63) is 0 Å². The largest absolute Gasteiger partial charge is 0.480 e. The first-order valence-electron chi connectivity index (χ1n) is 7.16. The Morgan fingerprint density at radius 3 is 2.50 bits per heavy atom. The zero-order chi connectivity index (χ0) is 13.8. The Morgan fingerprint density at radius 2 is 2.11 bits per heavy atom. The third-order valence-corrected chi connectivity index (χ3v) is 4.11. The lowest BCUT2D eigenvalue weighted by atomic mass is 9.91. The lowest BCUT2D eigenvalue weighted by molar-refractivity contribution is -0.147. The summed E-state index contributed by atoms with van der Waals surface area (Å²) in [6, 6.07) is 0.436. The van der Waals surface area contributed by atoms with Gasteiger partial charge in [-0.2, -0.15) is 0 Å². The molecule has 2 unspecified atom stereocenters. The summed E-state index contributed by atoms with van der Waals surface area (Å²) in [5.41, 5.74) is -0.745. The van der Waals surface area contributed by atoms with Gasteiger partial charge in [-0.3, -0.25) is 4.79 Å². The van der Waals surface area contributed by atoms with E-state index in [0.717, 1.165) is 25.7 Å². The van der Waals surface area contributed by atoms with Crippen LogP contribution in [0.4, 0.5) is 0 Å². The lowest BCUT2D eigenvalue weighted by Gasteiger charge is -2.37. The zero-order valence-corrected chi connectivity index (χ0v) is 12.2. The molecule has 2 N–H and O–H groups in total. The molecule has 0 bridgehead atoms. The summed E-state index contributed by atoms with van der Waals surface area (Å²) < 4.78 is 0. The molecule has 1 aliphatic carbocycles. The lowest BCUT2D eigenvalue weighted by Crippen LogP contribution is -2.61. The first-order valence-corrected chi connectivity index (χ1v) is 7.16. The minimum Gasteiger partial charge on any atom is -0.480 e. The average Bonchev–Trinajstić information content (AvgIpc) is 3.12. The minimum atomic E-state index is -0.745. The predicted molar refractivity (Wildman–Crippen MR) is 73.8 cm³/mol. The molecule has 0 heterocycles. The fourth-order valence-corrected chi connectivity index (χ4v) is 2.73. The van der Waals surface area contributed by atoms with Crippen LogP contribution in [-0.4, -0.2) is 47.7 Å². The quantitative estimate of drug-likeness (QED) is 0.662. The molecule has 106 valence electrons. The van der Waals surface area contributed by atoms with Crippen molar-refractivity contribution in [1.82, 2.24) is 10.2 Å². The van der Waals surface area contributed by atoms with Crippen molar-refractivity contribution in [3.63, 3.8) is 0 Å². The highest BCUT2D eigenvalue weighted by molar-refractivity contribution is 5.80.